The molecule has 0 radical (unpaired) electrons. The van der Waals surface area contributed by atoms with Gasteiger partial charge in [-0.25, -0.2) is 4.39 Å². The van der Waals surface area contributed by atoms with Gasteiger partial charge in [0.15, 0.2) is 5.65 Å². The Balaban J connectivity index is 1.33. The normalized spacial score (nSPS) is 16.3. The van der Waals surface area contributed by atoms with E-state index in [4.69, 9.17) is 4.74 Å². The van der Waals surface area contributed by atoms with E-state index in [1.807, 2.05) is 45.8 Å². The Hall–Kier alpha value is -3.74. The van der Waals surface area contributed by atoms with Gasteiger partial charge in [0.1, 0.15) is 24.0 Å². The van der Waals surface area contributed by atoms with Gasteiger partial charge in [0.2, 0.25) is 0 Å². The lowest BCUT2D eigenvalue weighted by molar-refractivity contribution is 0.0699. The van der Waals surface area contributed by atoms with Crippen molar-refractivity contribution in [1.82, 2.24) is 19.5 Å². The number of nitrogens with zero attached hydrogens (tertiary/aromatic N) is 4. The maximum absolute atomic E-state index is 13.4. The highest BCUT2D eigenvalue weighted by molar-refractivity contribution is 5.97. The molecular weight excluding hydrogens is 407 g/mol. The Morgan fingerprint density at radius 1 is 1.03 bits per heavy atom. The zero-order chi connectivity index (χ0) is 21.9. The topological polar surface area (TPSA) is 59.7 Å². The van der Waals surface area contributed by atoms with Gasteiger partial charge in [-0.15, -0.1) is 10.2 Å². The summed E-state index contributed by atoms with van der Waals surface area (Å²) in [6, 6.07) is 19.3. The van der Waals surface area contributed by atoms with Crippen LogP contribution in [0.25, 0.3) is 5.65 Å². The minimum absolute atomic E-state index is 0.0572. The first-order valence-electron chi connectivity index (χ1n) is 10.7. The molecule has 4 aromatic rings. The number of ether oxygens (including phenoxy) is 1. The van der Waals surface area contributed by atoms with Crippen LogP contribution in [-0.4, -0.2) is 38.5 Å². The van der Waals surface area contributed by atoms with Crippen LogP contribution >= 0.6 is 0 Å². The number of hydrogen-bond donors (Lipinski definition) is 0. The van der Waals surface area contributed by atoms with Crippen LogP contribution in [0.4, 0.5) is 4.39 Å². The SMILES string of the molecule is O=C(c1ccccc1OCc1ccc(F)cc1)N1CCC[C@@H](c2nnc3ccccn23)C1. The van der Waals surface area contributed by atoms with Crippen molar-refractivity contribution in [1.29, 1.82) is 0 Å². The molecule has 1 saturated heterocycles. The molecule has 0 N–H and O–H groups in total. The van der Waals surface area contributed by atoms with E-state index in [-0.39, 0.29) is 24.2 Å². The summed E-state index contributed by atoms with van der Waals surface area (Å²) in [6.45, 7) is 1.54. The smallest absolute Gasteiger partial charge is 0.257 e. The summed E-state index contributed by atoms with van der Waals surface area (Å²) in [5.74, 6) is 1.19. The van der Waals surface area contributed by atoms with Crippen LogP contribution in [0.3, 0.4) is 0 Å². The predicted octanol–water partition coefficient (Wildman–Crippen LogP) is 4.47. The van der Waals surface area contributed by atoms with Gasteiger partial charge in [-0.3, -0.25) is 9.20 Å². The molecule has 0 saturated carbocycles. The molecule has 0 aliphatic carbocycles. The molecule has 0 unspecified atom stereocenters. The number of amides is 1. The number of halogens is 1. The fourth-order valence-electron chi connectivity index (χ4n) is 4.19. The summed E-state index contributed by atoms with van der Waals surface area (Å²) in [5.41, 5.74) is 2.18. The summed E-state index contributed by atoms with van der Waals surface area (Å²) >= 11 is 0. The van der Waals surface area contributed by atoms with E-state index in [9.17, 15) is 9.18 Å². The average molecular weight is 430 g/mol. The van der Waals surface area contributed by atoms with Crippen molar-refractivity contribution in [2.24, 2.45) is 0 Å². The fraction of sp³-hybridized carbons (Fsp3) is 0.240. The van der Waals surface area contributed by atoms with Crippen LogP contribution in [0.2, 0.25) is 0 Å². The van der Waals surface area contributed by atoms with Crippen LogP contribution in [-0.2, 0) is 6.61 Å². The maximum Gasteiger partial charge on any atom is 0.257 e. The molecule has 0 spiro atoms. The molecule has 1 aliphatic rings. The number of pyridine rings is 1. The molecular formula is C25H23FN4O2. The van der Waals surface area contributed by atoms with Crippen molar-refractivity contribution >= 4 is 11.6 Å². The Bertz CT molecular complexity index is 1240. The lowest BCUT2D eigenvalue weighted by Gasteiger charge is -2.32. The van der Waals surface area contributed by atoms with Crippen molar-refractivity contribution in [2.45, 2.75) is 25.4 Å². The molecule has 2 aromatic heterocycles. The number of piperidine rings is 1. The lowest BCUT2D eigenvalue weighted by Crippen LogP contribution is -2.39. The number of benzene rings is 2. The van der Waals surface area contributed by atoms with Gasteiger partial charge in [-0.05, 0) is 54.8 Å². The number of likely N-dealkylation sites (tertiary alicyclic amines) is 1. The number of para-hydroxylation sites is 1. The minimum Gasteiger partial charge on any atom is -0.488 e. The Morgan fingerprint density at radius 3 is 2.72 bits per heavy atom. The molecule has 32 heavy (non-hydrogen) atoms. The molecule has 1 aliphatic heterocycles. The van der Waals surface area contributed by atoms with Crippen LogP contribution in [0, 0.1) is 5.82 Å². The quantitative estimate of drug-likeness (QED) is 0.469. The van der Waals surface area contributed by atoms with Crippen LogP contribution in [0.1, 0.15) is 40.5 Å². The second-order valence-corrected chi connectivity index (χ2v) is 7.99. The number of fused-ring (bicyclic) bond motifs is 1. The number of carbonyl (C=O) groups is 1. The molecule has 1 fully saturated rings. The third kappa shape index (κ3) is 4.06. The zero-order valence-electron chi connectivity index (χ0n) is 17.5. The number of hydrogen-bond acceptors (Lipinski definition) is 4. The molecule has 0 bridgehead atoms. The van der Waals surface area contributed by atoms with Gasteiger partial charge in [0.05, 0.1) is 5.56 Å². The van der Waals surface area contributed by atoms with Crippen molar-refractivity contribution < 1.29 is 13.9 Å². The Morgan fingerprint density at radius 2 is 1.84 bits per heavy atom. The standard InChI is InChI=1S/C25H23FN4O2/c26-20-12-10-18(11-13-20)17-32-22-8-2-1-7-21(22)25(31)29-14-5-6-19(16-29)24-28-27-23-9-3-4-15-30(23)24/h1-4,7-13,15,19H,5-6,14,16-17H2/t19-/m1/s1. The highest BCUT2D eigenvalue weighted by Gasteiger charge is 2.29. The van der Waals surface area contributed by atoms with Crippen LogP contribution < -0.4 is 4.74 Å². The lowest BCUT2D eigenvalue weighted by atomic mass is 9.96. The zero-order valence-corrected chi connectivity index (χ0v) is 17.5. The highest BCUT2D eigenvalue weighted by atomic mass is 19.1. The molecule has 2 aromatic carbocycles. The number of aromatic nitrogens is 3. The van der Waals surface area contributed by atoms with E-state index in [0.29, 0.717) is 24.4 Å². The molecule has 1 amide bonds. The molecule has 1 atom stereocenters. The monoisotopic (exact) mass is 430 g/mol. The van der Waals surface area contributed by atoms with Crippen molar-refractivity contribution in [3.63, 3.8) is 0 Å². The van der Waals surface area contributed by atoms with Gasteiger partial charge in [-0.1, -0.05) is 30.3 Å². The maximum atomic E-state index is 13.4. The summed E-state index contributed by atoms with van der Waals surface area (Å²) < 4.78 is 21.1. The fourth-order valence-corrected chi connectivity index (χ4v) is 4.19. The van der Waals surface area contributed by atoms with Crippen molar-refractivity contribution in [3.8, 4) is 5.75 Å². The van der Waals surface area contributed by atoms with Gasteiger partial charge in [0, 0.05) is 25.2 Å². The first kappa shape index (κ1) is 20.2. The van der Waals surface area contributed by atoms with E-state index in [0.717, 1.165) is 29.9 Å². The van der Waals surface area contributed by atoms with E-state index in [1.165, 1.54) is 12.1 Å². The largest absolute Gasteiger partial charge is 0.488 e. The highest BCUT2D eigenvalue weighted by Crippen LogP contribution is 2.29. The first-order chi connectivity index (χ1) is 15.7. The summed E-state index contributed by atoms with van der Waals surface area (Å²) in [6.07, 6.45) is 3.82. The second kappa shape index (κ2) is 8.78. The average Bonchev–Trinajstić information content (AvgIpc) is 3.28. The molecule has 162 valence electrons. The van der Waals surface area contributed by atoms with Gasteiger partial charge < -0.3 is 9.64 Å². The summed E-state index contributed by atoms with van der Waals surface area (Å²) in [7, 11) is 0. The molecule has 6 nitrogen and oxygen atoms in total. The number of rotatable bonds is 5. The number of carbonyl (C=O) groups excluding carboxylic acids is 1. The van der Waals surface area contributed by atoms with Gasteiger partial charge in [0.25, 0.3) is 5.91 Å². The van der Waals surface area contributed by atoms with Crippen LogP contribution in [0.15, 0.2) is 72.9 Å². The van der Waals surface area contributed by atoms with Crippen molar-refractivity contribution in [2.75, 3.05) is 13.1 Å². The van der Waals surface area contributed by atoms with Crippen molar-refractivity contribution in [3.05, 3.63) is 95.7 Å². The second-order valence-electron chi connectivity index (χ2n) is 7.99. The molecule has 5 rings (SSSR count). The van der Waals surface area contributed by atoms with E-state index < -0.39 is 0 Å². The van der Waals surface area contributed by atoms with E-state index in [1.54, 1.807) is 24.3 Å². The summed E-state index contributed by atoms with van der Waals surface area (Å²) in [4.78, 5) is 15.3. The first-order valence-corrected chi connectivity index (χ1v) is 10.7. The minimum atomic E-state index is -0.288. The van der Waals surface area contributed by atoms with E-state index >= 15 is 0 Å². The summed E-state index contributed by atoms with van der Waals surface area (Å²) in [5, 5.41) is 8.66. The third-order valence-electron chi connectivity index (χ3n) is 5.84. The van der Waals surface area contributed by atoms with Crippen LogP contribution in [0.5, 0.6) is 5.75 Å². The molecule has 7 heteroatoms. The molecule has 3 heterocycles. The van der Waals surface area contributed by atoms with E-state index in [2.05, 4.69) is 10.2 Å². The Labute approximate surface area is 185 Å². The Kier molecular flexibility index (Phi) is 5.54. The van der Waals surface area contributed by atoms with Gasteiger partial charge in [-0.2, -0.15) is 0 Å². The van der Waals surface area contributed by atoms with Gasteiger partial charge >= 0.3 is 0 Å². The predicted molar refractivity (Wildman–Crippen MR) is 118 cm³/mol. The third-order valence-corrected chi connectivity index (χ3v) is 5.84.